The minimum atomic E-state index is -0.00505. The van der Waals surface area contributed by atoms with Crippen molar-refractivity contribution in [2.45, 2.75) is 13.5 Å². The second-order valence-electron chi connectivity index (χ2n) is 4.49. The molecule has 0 saturated carbocycles. The van der Waals surface area contributed by atoms with Crippen LogP contribution in [0, 0.1) is 6.92 Å². The van der Waals surface area contributed by atoms with Crippen LogP contribution in [0.1, 0.15) is 16.8 Å². The number of rotatable bonds is 4. The fourth-order valence-corrected chi connectivity index (χ4v) is 3.53. The standard InChI is InChI=1S/C14H14Br2N4O/c1-8-4-10(15)13(11(16)5-8)19-7-9-2-3-18-12(6-9)14(17)20-21/h2-6,19,21H,7H2,1H3,(H2,17,20). The number of benzene rings is 1. The molecule has 0 atom stereocenters. The second-order valence-corrected chi connectivity index (χ2v) is 6.20. The fourth-order valence-electron chi connectivity index (χ4n) is 1.83. The van der Waals surface area contributed by atoms with Gasteiger partial charge in [-0.05, 0) is 74.2 Å². The fraction of sp³-hybridized carbons (Fsp3) is 0.143. The molecular weight excluding hydrogens is 400 g/mol. The summed E-state index contributed by atoms with van der Waals surface area (Å²) >= 11 is 7.09. The van der Waals surface area contributed by atoms with E-state index >= 15 is 0 Å². The van der Waals surface area contributed by atoms with Gasteiger partial charge in [0.1, 0.15) is 5.69 Å². The highest BCUT2D eigenvalue weighted by atomic mass is 79.9. The van der Waals surface area contributed by atoms with Gasteiger partial charge in [-0.2, -0.15) is 0 Å². The van der Waals surface area contributed by atoms with E-state index in [0.29, 0.717) is 12.2 Å². The van der Waals surface area contributed by atoms with Crippen LogP contribution in [0.3, 0.4) is 0 Å². The number of halogens is 2. The zero-order valence-electron chi connectivity index (χ0n) is 11.3. The number of nitrogens with one attached hydrogen (secondary N) is 1. The van der Waals surface area contributed by atoms with Crippen LogP contribution in [0.2, 0.25) is 0 Å². The van der Waals surface area contributed by atoms with Gasteiger partial charge in [0.05, 0.1) is 5.69 Å². The zero-order chi connectivity index (χ0) is 15.4. The van der Waals surface area contributed by atoms with Crippen molar-refractivity contribution in [2.75, 3.05) is 5.32 Å². The second kappa shape index (κ2) is 6.91. The molecule has 2 rings (SSSR count). The van der Waals surface area contributed by atoms with Gasteiger partial charge in [-0.15, -0.1) is 0 Å². The highest BCUT2D eigenvalue weighted by Crippen LogP contribution is 2.32. The lowest BCUT2D eigenvalue weighted by Gasteiger charge is -2.12. The Bertz CT molecular complexity index is 665. The summed E-state index contributed by atoms with van der Waals surface area (Å²) in [6.07, 6.45) is 1.63. The van der Waals surface area contributed by atoms with E-state index in [1.807, 2.05) is 25.1 Å². The van der Waals surface area contributed by atoms with Gasteiger partial charge in [0, 0.05) is 21.7 Å². The average Bonchev–Trinajstić information content (AvgIpc) is 2.45. The van der Waals surface area contributed by atoms with Crippen molar-refractivity contribution in [2.24, 2.45) is 10.9 Å². The van der Waals surface area contributed by atoms with E-state index in [0.717, 1.165) is 25.8 Å². The first kappa shape index (κ1) is 15.8. The van der Waals surface area contributed by atoms with Crippen molar-refractivity contribution in [1.82, 2.24) is 4.98 Å². The third kappa shape index (κ3) is 3.95. The van der Waals surface area contributed by atoms with Crippen molar-refractivity contribution in [3.8, 4) is 0 Å². The average molecular weight is 414 g/mol. The van der Waals surface area contributed by atoms with Crippen molar-refractivity contribution >= 4 is 43.4 Å². The Morgan fingerprint density at radius 3 is 2.62 bits per heavy atom. The van der Waals surface area contributed by atoms with Gasteiger partial charge in [0.2, 0.25) is 0 Å². The monoisotopic (exact) mass is 412 g/mol. The Hall–Kier alpha value is -1.60. The number of nitrogens with zero attached hydrogens (tertiary/aromatic N) is 2. The van der Waals surface area contributed by atoms with E-state index in [-0.39, 0.29) is 5.84 Å². The molecule has 0 spiro atoms. The largest absolute Gasteiger partial charge is 0.409 e. The number of hydrogen-bond donors (Lipinski definition) is 3. The number of nitrogens with two attached hydrogens (primary N) is 1. The molecule has 2 aromatic rings. The molecule has 0 aliphatic heterocycles. The summed E-state index contributed by atoms with van der Waals surface area (Å²) in [6, 6.07) is 7.73. The Labute approximate surface area is 139 Å². The Balaban J connectivity index is 2.17. The van der Waals surface area contributed by atoms with Gasteiger partial charge < -0.3 is 16.3 Å². The minimum Gasteiger partial charge on any atom is -0.409 e. The molecule has 0 saturated heterocycles. The predicted molar refractivity (Wildman–Crippen MR) is 90.7 cm³/mol. The molecule has 1 aromatic heterocycles. The zero-order valence-corrected chi connectivity index (χ0v) is 14.4. The van der Waals surface area contributed by atoms with Crippen LogP contribution in [0.4, 0.5) is 5.69 Å². The molecule has 0 radical (unpaired) electrons. The maximum absolute atomic E-state index is 8.68. The third-order valence-corrected chi connectivity index (χ3v) is 4.10. The van der Waals surface area contributed by atoms with Crippen molar-refractivity contribution in [3.63, 3.8) is 0 Å². The number of hydrogen-bond acceptors (Lipinski definition) is 4. The van der Waals surface area contributed by atoms with Crippen LogP contribution >= 0.6 is 31.9 Å². The molecule has 1 aromatic carbocycles. The lowest BCUT2D eigenvalue weighted by Crippen LogP contribution is -2.15. The first-order valence-corrected chi connectivity index (χ1v) is 7.72. The van der Waals surface area contributed by atoms with E-state index in [1.54, 1.807) is 12.3 Å². The molecule has 110 valence electrons. The van der Waals surface area contributed by atoms with Crippen molar-refractivity contribution in [3.05, 3.63) is 56.2 Å². The van der Waals surface area contributed by atoms with Crippen LogP contribution in [0.15, 0.2) is 44.6 Å². The first-order chi connectivity index (χ1) is 10.0. The number of pyridine rings is 1. The molecule has 21 heavy (non-hydrogen) atoms. The summed E-state index contributed by atoms with van der Waals surface area (Å²) in [6.45, 7) is 2.62. The van der Waals surface area contributed by atoms with Gasteiger partial charge >= 0.3 is 0 Å². The molecule has 0 amide bonds. The highest BCUT2D eigenvalue weighted by Gasteiger charge is 2.07. The lowest BCUT2D eigenvalue weighted by atomic mass is 10.2. The number of amidine groups is 1. The molecule has 0 unspecified atom stereocenters. The molecular formula is C14H14Br2N4O. The van der Waals surface area contributed by atoms with E-state index in [1.165, 1.54) is 0 Å². The smallest absolute Gasteiger partial charge is 0.188 e. The van der Waals surface area contributed by atoms with Crippen LogP contribution < -0.4 is 11.1 Å². The SMILES string of the molecule is Cc1cc(Br)c(NCc2ccnc(C(N)=NO)c2)c(Br)c1. The van der Waals surface area contributed by atoms with E-state index in [4.69, 9.17) is 10.9 Å². The van der Waals surface area contributed by atoms with Gasteiger partial charge in [-0.3, -0.25) is 4.98 Å². The molecule has 4 N–H and O–H groups in total. The number of aromatic nitrogens is 1. The number of oxime groups is 1. The quantitative estimate of drug-likeness (QED) is 0.309. The molecule has 0 aliphatic carbocycles. The van der Waals surface area contributed by atoms with Crippen LogP contribution in [-0.4, -0.2) is 16.0 Å². The van der Waals surface area contributed by atoms with Crippen LogP contribution in [0.5, 0.6) is 0 Å². The Kier molecular flexibility index (Phi) is 5.19. The van der Waals surface area contributed by atoms with E-state index in [2.05, 4.69) is 47.3 Å². The molecule has 0 aliphatic rings. The van der Waals surface area contributed by atoms with Crippen LogP contribution in [0.25, 0.3) is 0 Å². The summed E-state index contributed by atoms with van der Waals surface area (Å²) in [4.78, 5) is 4.05. The summed E-state index contributed by atoms with van der Waals surface area (Å²) < 4.78 is 1.97. The van der Waals surface area contributed by atoms with Crippen LogP contribution in [-0.2, 0) is 6.54 Å². The van der Waals surface area contributed by atoms with Gasteiger partial charge in [0.15, 0.2) is 5.84 Å². The summed E-state index contributed by atoms with van der Waals surface area (Å²) in [5, 5.41) is 15.0. The maximum atomic E-state index is 8.68. The molecule has 7 heteroatoms. The van der Waals surface area contributed by atoms with E-state index < -0.39 is 0 Å². The number of aryl methyl sites for hydroxylation is 1. The molecule has 1 heterocycles. The van der Waals surface area contributed by atoms with Gasteiger partial charge in [-0.1, -0.05) is 5.16 Å². The molecule has 5 nitrogen and oxygen atoms in total. The third-order valence-electron chi connectivity index (χ3n) is 2.85. The summed E-state index contributed by atoms with van der Waals surface area (Å²) in [5.41, 5.74) is 9.10. The normalized spacial score (nSPS) is 11.5. The lowest BCUT2D eigenvalue weighted by molar-refractivity contribution is 0.318. The molecule has 0 fully saturated rings. The summed E-state index contributed by atoms with van der Waals surface area (Å²) in [7, 11) is 0. The first-order valence-electron chi connectivity index (χ1n) is 6.13. The van der Waals surface area contributed by atoms with Crippen molar-refractivity contribution < 1.29 is 5.21 Å². The Morgan fingerprint density at radius 1 is 1.33 bits per heavy atom. The Morgan fingerprint density at radius 2 is 2.00 bits per heavy atom. The minimum absolute atomic E-state index is 0.00505. The van der Waals surface area contributed by atoms with Crippen molar-refractivity contribution in [1.29, 1.82) is 0 Å². The number of anilines is 1. The van der Waals surface area contributed by atoms with Gasteiger partial charge in [-0.25, -0.2) is 0 Å². The summed E-state index contributed by atoms with van der Waals surface area (Å²) in [5.74, 6) is -0.00505. The predicted octanol–water partition coefficient (Wildman–Crippen LogP) is 3.62. The molecule has 0 bridgehead atoms. The van der Waals surface area contributed by atoms with E-state index in [9.17, 15) is 0 Å². The topological polar surface area (TPSA) is 83.5 Å². The van der Waals surface area contributed by atoms with Gasteiger partial charge in [0.25, 0.3) is 0 Å². The highest BCUT2D eigenvalue weighted by molar-refractivity contribution is 9.11. The maximum Gasteiger partial charge on any atom is 0.188 e.